The molecule has 0 aromatic heterocycles. The number of carbonyl (C=O) groups is 2. The molecule has 1 saturated heterocycles. The van der Waals surface area contributed by atoms with Crippen molar-refractivity contribution in [2.24, 2.45) is 0 Å². The molecular weight excluding hydrogens is 232 g/mol. The van der Waals surface area contributed by atoms with Gasteiger partial charge in [-0.2, -0.15) is 0 Å². The van der Waals surface area contributed by atoms with E-state index in [4.69, 9.17) is 5.11 Å². The molecule has 2 amide bonds. The van der Waals surface area contributed by atoms with E-state index in [1.54, 1.807) is 4.90 Å². The number of hydrogen-bond acceptors (Lipinski definition) is 2. The van der Waals surface area contributed by atoms with Gasteiger partial charge in [0.15, 0.2) is 0 Å². The first-order chi connectivity index (χ1) is 8.58. The largest absolute Gasteiger partial charge is 0.480 e. The van der Waals surface area contributed by atoms with Crippen LogP contribution in [0.3, 0.4) is 0 Å². The zero-order valence-corrected chi connectivity index (χ0v) is 10.3. The molecule has 2 rings (SSSR count). The molecule has 0 atom stereocenters. The minimum atomic E-state index is -0.971. The molecule has 0 aliphatic carbocycles. The molecule has 1 aliphatic rings. The third kappa shape index (κ3) is 2.61. The van der Waals surface area contributed by atoms with Crippen LogP contribution in [0.2, 0.25) is 0 Å². The van der Waals surface area contributed by atoms with Gasteiger partial charge in [0.1, 0.15) is 6.54 Å². The van der Waals surface area contributed by atoms with E-state index >= 15 is 0 Å². The molecule has 0 saturated carbocycles. The van der Waals surface area contributed by atoms with E-state index in [-0.39, 0.29) is 12.6 Å². The van der Waals surface area contributed by atoms with Crippen LogP contribution >= 0.6 is 0 Å². The van der Waals surface area contributed by atoms with Gasteiger partial charge in [0.2, 0.25) is 0 Å². The normalized spacial score (nSPS) is 15.3. The van der Waals surface area contributed by atoms with Gasteiger partial charge in [-0.1, -0.05) is 24.3 Å². The maximum Gasteiger partial charge on any atom is 0.323 e. The Balaban J connectivity index is 2.02. The standard InChI is InChI=1S/C13H16N2O3/c1-10-4-2-3-5-11(10)8-14-6-7-15(13(14)18)9-12(16)17/h2-5H,6-9H2,1H3,(H,16,17). The number of amides is 2. The Hall–Kier alpha value is -2.04. The zero-order valence-electron chi connectivity index (χ0n) is 10.3. The minimum Gasteiger partial charge on any atom is -0.480 e. The summed E-state index contributed by atoms with van der Waals surface area (Å²) < 4.78 is 0. The molecular formula is C13H16N2O3. The topological polar surface area (TPSA) is 60.9 Å². The summed E-state index contributed by atoms with van der Waals surface area (Å²) >= 11 is 0. The van der Waals surface area contributed by atoms with Crippen LogP contribution in [0.5, 0.6) is 0 Å². The van der Waals surface area contributed by atoms with Crippen molar-refractivity contribution in [1.29, 1.82) is 0 Å². The highest BCUT2D eigenvalue weighted by Gasteiger charge is 2.29. The molecule has 1 N–H and O–H groups in total. The highest BCUT2D eigenvalue weighted by Crippen LogP contribution is 2.15. The van der Waals surface area contributed by atoms with Crippen molar-refractivity contribution in [2.45, 2.75) is 13.5 Å². The fraction of sp³-hybridized carbons (Fsp3) is 0.385. The molecule has 1 fully saturated rings. The predicted octanol–water partition coefficient (Wildman–Crippen LogP) is 1.32. The molecule has 18 heavy (non-hydrogen) atoms. The second kappa shape index (κ2) is 5.08. The van der Waals surface area contributed by atoms with Crippen LogP contribution in [0.4, 0.5) is 4.79 Å². The lowest BCUT2D eigenvalue weighted by atomic mass is 10.1. The SMILES string of the molecule is Cc1ccccc1CN1CCN(CC(=O)O)C1=O. The van der Waals surface area contributed by atoms with E-state index in [2.05, 4.69) is 0 Å². The molecule has 0 spiro atoms. The molecule has 1 aromatic rings. The van der Waals surface area contributed by atoms with Crippen molar-refractivity contribution in [2.75, 3.05) is 19.6 Å². The molecule has 0 radical (unpaired) electrons. The van der Waals surface area contributed by atoms with Crippen LogP contribution in [-0.2, 0) is 11.3 Å². The first-order valence-corrected chi connectivity index (χ1v) is 5.88. The summed E-state index contributed by atoms with van der Waals surface area (Å²) in [5.74, 6) is -0.971. The summed E-state index contributed by atoms with van der Waals surface area (Å²) in [6.45, 7) is 3.40. The molecule has 0 bridgehead atoms. The Kier molecular flexibility index (Phi) is 3.50. The number of urea groups is 1. The van der Waals surface area contributed by atoms with Crippen molar-refractivity contribution in [1.82, 2.24) is 9.80 Å². The number of carbonyl (C=O) groups excluding carboxylic acids is 1. The Morgan fingerprint density at radius 1 is 1.28 bits per heavy atom. The van der Waals surface area contributed by atoms with Crippen LogP contribution in [0.25, 0.3) is 0 Å². The lowest BCUT2D eigenvalue weighted by Gasteiger charge is -2.18. The Morgan fingerprint density at radius 2 is 1.94 bits per heavy atom. The Bertz CT molecular complexity index is 473. The lowest BCUT2D eigenvalue weighted by molar-refractivity contribution is -0.137. The number of aliphatic carboxylic acids is 1. The number of aryl methyl sites for hydroxylation is 1. The highest BCUT2D eigenvalue weighted by atomic mass is 16.4. The third-order valence-corrected chi connectivity index (χ3v) is 3.13. The van der Waals surface area contributed by atoms with Gasteiger partial charge in [-0.25, -0.2) is 4.79 Å². The summed E-state index contributed by atoms with van der Waals surface area (Å²) in [5, 5.41) is 8.70. The number of benzene rings is 1. The first-order valence-electron chi connectivity index (χ1n) is 5.88. The average molecular weight is 248 g/mol. The summed E-state index contributed by atoms with van der Waals surface area (Å²) in [4.78, 5) is 25.6. The number of rotatable bonds is 4. The van der Waals surface area contributed by atoms with Crippen molar-refractivity contribution in [3.8, 4) is 0 Å². The number of carboxylic acids is 1. The average Bonchev–Trinajstić information content (AvgIpc) is 2.64. The molecule has 1 heterocycles. The van der Waals surface area contributed by atoms with Crippen molar-refractivity contribution >= 4 is 12.0 Å². The van der Waals surface area contributed by atoms with Gasteiger partial charge in [-0.3, -0.25) is 4.79 Å². The van der Waals surface area contributed by atoms with Gasteiger partial charge in [-0.15, -0.1) is 0 Å². The number of nitrogens with zero attached hydrogens (tertiary/aromatic N) is 2. The minimum absolute atomic E-state index is 0.194. The van der Waals surface area contributed by atoms with Crippen LogP contribution in [0, 0.1) is 6.92 Å². The summed E-state index contributed by atoms with van der Waals surface area (Å²) in [5.41, 5.74) is 2.24. The number of hydrogen-bond donors (Lipinski definition) is 1. The third-order valence-electron chi connectivity index (χ3n) is 3.13. The second-order valence-electron chi connectivity index (χ2n) is 4.45. The summed E-state index contributed by atoms with van der Waals surface area (Å²) in [7, 11) is 0. The molecule has 1 aromatic carbocycles. The summed E-state index contributed by atoms with van der Waals surface area (Å²) in [6.07, 6.45) is 0. The second-order valence-corrected chi connectivity index (χ2v) is 4.45. The molecule has 0 unspecified atom stereocenters. The first kappa shape index (κ1) is 12.4. The van der Waals surface area contributed by atoms with Crippen LogP contribution < -0.4 is 0 Å². The van der Waals surface area contributed by atoms with Gasteiger partial charge in [0.05, 0.1) is 0 Å². The van der Waals surface area contributed by atoms with E-state index in [0.717, 1.165) is 11.1 Å². The fourth-order valence-corrected chi connectivity index (χ4v) is 2.08. The Morgan fingerprint density at radius 3 is 2.61 bits per heavy atom. The van der Waals surface area contributed by atoms with Crippen LogP contribution in [0.1, 0.15) is 11.1 Å². The van der Waals surface area contributed by atoms with Gasteiger partial charge in [0, 0.05) is 19.6 Å². The van der Waals surface area contributed by atoms with E-state index in [0.29, 0.717) is 19.6 Å². The molecule has 5 nitrogen and oxygen atoms in total. The van der Waals surface area contributed by atoms with E-state index in [9.17, 15) is 9.59 Å². The van der Waals surface area contributed by atoms with E-state index in [1.165, 1.54) is 4.90 Å². The van der Waals surface area contributed by atoms with Gasteiger partial charge < -0.3 is 14.9 Å². The monoisotopic (exact) mass is 248 g/mol. The molecule has 5 heteroatoms. The smallest absolute Gasteiger partial charge is 0.323 e. The molecule has 96 valence electrons. The lowest BCUT2D eigenvalue weighted by Crippen LogP contribution is -2.35. The van der Waals surface area contributed by atoms with Gasteiger partial charge >= 0.3 is 12.0 Å². The predicted molar refractivity (Wildman–Crippen MR) is 66.2 cm³/mol. The van der Waals surface area contributed by atoms with Gasteiger partial charge in [0.25, 0.3) is 0 Å². The maximum atomic E-state index is 11.9. The fourth-order valence-electron chi connectivity index (χ4n) is 2.08. The van der Waals surface area contributed by atoms with Crippen LogP contribution in [0.15, 0.2) is 24.3 Å². The van der Waals surface area contributed by atoms with E-state index < -0.39 is 5.97 Å². The number of carboxylic acid groups (broad SMARTS) is 1. The summed E-state index contributed by atoms with van der Waals surface area (Å²) in [6, 6.07) is 7.70. The quantitative estimate of drug-likeness (QED) is 0.874. The van der Waals surface area contributed by atoms with Gasteiger partial charge in [-0.05, 0) is 18.1 Å². The highest BCUT2D eigenvalue weighted by molar-refractivity contribution is 5.81. The Labute approximate surface area is 106 Å². The van der Waals surface area contributed by atoms with E-state index in [1.807, 2.05) is 31.2 Å². The maximum absolute atomic E-state index is 11.9. The molecule has 1 aliphatic heterocycles. The zero-order chi connectivity index (χ0) is 13.1. The van der Waals surface area contributed by atoms with Crippen molar-refractivity contribution < 1.29 is 14.7 Å². The van der Waals surface area contributed by atoms with Crippen molar-refractivity contribution in [3.05, 3.63) is 35.4 Å². The van der Waals surface area contributed by atoms with Crippen LogP contribution in [-0.4, -0.2) is 46.5 Å². The van der Waals surface area contributed by atoms with Crippen molar-refractivity contribution in [3.63, 3.8) is 0 Å².